The van der Waals surface area contributed by atoms with Crippen LogP contribution in [0.3, 0.4) is 0 Å². The lowest BCUT2D eigenvalue weighted by molar-refractivity contribution is -0.132. The van der Waals surface area contributed by atoms with Gasteiger partial charge in [-0.1, -0.05) is 36.4 Å². The van der Waals surface area contributed by atoms with Crippen molar-refractivity contribution in [1.29, 1.82) is 0 Å². The number of carbonyl (C=O) groups is 2. The molecule has 4 rings (SSSR count). The van der Waals surface area contributed by atoms with E-state index in [1.54, 1.807) is 24.3 Å². The lowest BCUT2D eigenvalue weighted by Gasteiger charge is -2.28. The highest BCUT2D eigenvalue weighted by molar-refractivity contribution is 6.02. The number of para-hydroxylation sites is 1. The molecule has 1 aliphatic rings. The topological polar surface area (TPSA) is 77.1 Å². The van der Waals surface area contributed by atoms with Crippen LogP contribution >= 0.6 is 0 Å². The quantitative estimate of drug-likeness (QED) is 0.206. The number of nitrogens with one attached hydrogen (secondary N) is 1. The molecule has 1 N–H and O–H groups in total. The van der Waals surface area contributed by atoms with Crippen molar-refractivity contribution in [2.24, 2.45) is 5.92 Å². The number of esters is 1. The Balaban J connectivity index is 1.33. The summed E-state index contributed by atoms with van der Waals surface area (Å²) in [7, 11) is 3.69. The first-order chi connectivity index (χ1) is 18.9. The smallest absolute Gasteiger partial charge is 0.308 e. The molecule has 204 valence electrons. The van der Waals surface area contributed by atoms with Crippen LogP contribution in [0.5, 0.6) is 17.2 Å². The molecule has 0 unspecified atom stereocenters. The normalized spacial score (nSPS) is 14.2. The average molecular weight is 529 g/mol. The van der Waals surface area contributed by atoms with Crippen molar-refractivity contribution in [2.75, 3.05) is 32.6 Å². The first-order valence-corrected chi connectivity index (χ1v) is 13.2. The van der Waals surface area contributed by atoms with E-state index in [1.807, 2.05) is 36.4 Å². The third-order valence-electron chi connectivity index (χ3n) is 6.82. The molecular formula is C32H36N2O5. The maximum absolute atomic E-state index is 12.7. The molecule has 0 aliphatic carbocycles. The van der Waals surface area contributed by atoms with Gasteiger partial charge in [-0.3, -0.25) is 9.59 Å². The molecule has 0 atom stereocenters. The molecule has 3 aromatic rings. The van der Waals surface area contributed by atoms with Crippen LogP contribution < -0.4 is 19.5 Å². The van der Waals surface area contributed by atoms with Crippen LogP contribution in [0, 0.1) is 5.92 Å². The number of rotatable bonds is 10. The SMILES string of the molecule is COc1ccc(C=CC(=O)Nc2ccccc2COc2ccc(CC3CCN(C)CC3)cc2)cc1OC(C)=O. The second-order valence-corrected chi connectivity index (χ2v) is 9.87. The van der Waals surface area contributed by atoms with Gasteiger partial charge in [0.15, 0.2) is 11.5 Å². The Labute approximate surface area is 230 Å². The molecule has 0 bridgehead atoms. The molecular weight excluding hydrogens is 492 g/mol. The van der Waals surface area contributed by atoms with Crippen molar-refractivity contribution in [3.05, 3.63) is 89.5 Å². The molecule has 1 saturated heterocycles. The fraction of sp³-hybridized carbons (Fsp3) is 0.312. The van der Waals surface area contributed by atoms with Crippen LogP contribution in [-0.2, 0) is 22.6 Å². The van der Waals surface area contributed by atoms with Crippen molar-refractivity contribution in [2.45, 2.75) is 32.8 Å². The zero-order valence-electron chi connectivity index (χ0n) is 22.8. The number of carbonyl (C=O) groups excluding carboxylic acids is 2. The predicted molar refractivity (Wildman–Crippen MR) is 153 cm³/mol. The molecule has 1 fully saturated rings. The van der Waals surface area contributed by atoms with E-state index in [4.69, 9.17) is 14.2 Å². The molecule has 0 aromatic heterocycles. The van der Waals surface area contributed by atoms with Gasteiger partial charge in [-0.05, 0) is 92.9 Å². The lowest BCUT2D eigenvalue weighted by atomic mass is 9.90. The van der Waals surface area contributed by atoms with Gasteiger partial charge in [0.2, 0.25) is 5.91 Å². The van der Waals surface area contributed by atoms with Crippen molar-refractivity contribution in [3.8, 4) is 17.2 Å². The number of methoxy groups -OCH3 is 1. The van der Waals surface area contributed by atoms with Gasteiger partial charge in [0, 0.05) is 24.3 Å². The van der Waals surface area contributed by atoms with Gasteiger partial charge in [-0.2, -0.15) is 0 Å². The number of amides is 1. The minimum Gasteiger partial charge on any atom is -0.493 e. The lowest BCUT2D eigenvalue weighted by Crippen LogP contribution is -2.30. The molecule has 7 heteroatoms. The summed E-state index contributed by atoms with van der Waals surface area (Å²) < 4.78 is 16.4. The van der Waals surface area contributed by atoms with Crippen LogP contribution in [0.15, 0.2) is 72.8 Å². The number of anilines is 1. The van der Waals surface area contributed by atoms with Gasteiger partial charge >= 0.3 is 5.97 Å². The fourth-order valence-electron chi connectivity index (χ4n) is 4.63. The first-order valence-electron chi connectivity index (χ1n) is 13.2. The Morgan fingerprint density at radius 3 is 2.46 bits per heavy atom. The van der Waals surface area contributed by atoms with Gasteiger partial charge in [-0.25, -0.2) is 0 Å². The van der Waals surface area contributed by atoms with Crippen molar-refractivity contribution >= 4 is 23.6 Å². The van der Waals surface area contributed by atoms with Gasteiger partial charge in [0.1, 0.15) is 12.4 Å². The number of hydrogen-bond acceptors (Lipinski definition) is 6. The molecule has 1 heterocycles. The van der Waals surface area contributed by atoms with E-state index in [0.29, 0.717) is 29.4 Å². The monoisotopic (exact) mass is 528 g/mol. The van der Waals surface area contributed by atoms with Crippen LogP contribution in [0.1, 0.15) is 36.5 Å². The van der Waals surface area contributed by atoms with E-state index in [0.717, 1.165) is 23.7 Å². The van der Waals surface area contributed by atoms with Crippen LogP contribution in [0.2, 0.25) is 0 Å². The zero-order chi connectivity index (χ0) is 27.6. The standard InChI is InChI=1S/C32H36N2O5/c1-23(35)39-31-21-25(10-14-30(31)37-3)11-15-32(36)33-29-7-5-4-6-27(29)22-38-28-12-8-24(9-13-28)20-26-16-18-34(2)19-17-26/h4-15,21,26H,16-20,22H2,1-3H3,(H,33,36). The molecule has 0 saturated carbocycles. The van der Waals surface area contributed by atoms with E-state index in [9.17, 15) is 9.59 Å². The van der Waals surface area contributed by atoms with Gasteiger partial charge in [0.05, 0.1) is 7.11 Å². The summed E-state index contributed by atoms with van der Waals surface area (Å²) in [5, 5.41) is 2.92. The Morgan fingerprint density at radius 2 is 1.74 bits per heavy atom. The van der Waals surface area contributed by atoms with Crippen LogP contribution in [0.25, 0.3) is 6.08 Å². The van der Waals surface area contributed by atoms with Crippen LogP contribution in [0.4, 0.5) is 5.69 Å². The summed E-state index contributed by atoms with van der Waals surface area (Å²) >= 11 is 0. The number of hydrogen-bond donors (Lipinski definition) is 1. The van der Waals surface area contributed by atoms with E-state index in [2.05, 4.69) is 29.4 Å². The van der Waals surface area contributed by atoms with Gasteiger partial charge in [0.25, 0.3) is 0 Å². The number of benzene rings is 3. The number of nitrogens with zero attached hydrogens (tertiary/aromatic N) is 1. The highest BCUT2D eigenvalue weighted by Crippen LogP contribution is 2.29. The molecule has 0 spiro atoms. The summed E-state index contributed by atoms with van der Waals surface area (Å²) in [5.41, 5.74) is 3.59. The van der Waals surface area contributed by atoms with Gasteiger partial charge < -0.3 is 24.4 Å². The molecule has 7 nitrogen and oxygen atoms in total. The molecule has 3 aromatic carbocycles. The van der Waals surface area contributed by atoms with E-state index < -0.39 is 5.97 Å². The molecule has 1 amide bonds. The summed E-state index contributed by atoms with van der Waals surface area (Å²) in [5.74, 6) is 1.54. The summed E-state index contributed by atoms with van der Waals surface area (Å²) in [6, 6.07) is 21.0. The maximum Gasteiger partial charge on any atom is 0.308 e. The predicted octanol–water partition coefficient (Wildman–Crippen LogP) is 5.74. The third kappa shape index (κ3) is 8.45. The maximum atomic E-state index is 12.7. The van der Waals surface area contributed by atoms with E-state index in [1.165, 1.54) is 51.6 Å². The van der Waals surface area contributed by atoms with Crippen molar-refractivity contribution < 1.29 is 23.8 Å². The van der Waals surface area contributed by atoms with Gasteiger partial charge in [-0.15, -0.1) is 0 Å². The number of ether oxygens (including phenoxy) is 3. The second kappa shape index (κ2) is 13.6. The zero-order valence-corrected chi connectivity index (χ0v) is 22.8. The number of piperidine rings is 1. The highest BCUT2D eigenvalue weighted by atomic mass is 16.6. The first kappa shape index (κ1) is 27.9. The largest absolute Gasteiger partial charge is 0.493 e. The third-order valence-corrected chi connectivity index (χ3v) is 6.82. The molecule has 0 radical (unpaired) electrons. The van der Waals surface area contributed by atoms with E-state index in [-0.39, 0.29) is 5.91 Å². The minimum absolute atomic E-state index is 0.287. The molecule has 39 heavy (non-hydrogen) atoms. The second-order valence-electron chi connectivity index (χ2n) is 9.87. The summed E-state index contributed by atoms with van der Waals surface area (Å²) in [6.07, 6.45) is 6.69. The van der Waals surface area contributed by atoms with Crippen molar-refractivity contribution in [3.63, 3.8) is 0 Å². The number of likely N-dealkylation sites (tertiary alicyclic amines) is 1. The van der Waals surface area contributed by atoms with E-state index >= 15 is 0 Å². The Morgan fingerprint density at radius 1 is 1.00 bits per heavy atom. The highest BCUT2D eigenvalue weighted by Gasteiger charge is 2.17. The summed E-state index contributed by atoms with van der Waals surface area (Å²) in [4.78, 5) is 26.4. The minimum atomic E-state index is -0.449. The average Bonchev–Trinajstić information content (AvgIpc) is 2.93. The Kier molecular flexibility index (Phi) is 9.75. The molecule has 1 aliphatic heterocycles. The summed E-state index contributed by atoms with van der Waals surface area (Å²) in [6.45, 7) is 4.01. The fourth-order valence-corrected chi connectivity index (χ4v) is 4.63. The Hall–Kier alpha value is -4.10. The van der Waals surface area contributed by atoms with Crippen molar-refractivity contribution in [1.82, 2.24) is 4.90 Å². The Bertz CT molecular complexity index is 1290. The van der Waals surface area contributed by atoms with Crippen LogP contribution in [-0.4, -0.2) is 44.0 Å².